The van der Waals surface area contributed by atoms with Gasteiger partial charge in [0.1, 0.15) is 0 Å². The number of piperidine rings is 1. The van der Waals surface area contributed by atoms with E-state index in [0.29, 0.717) is 6.04 Å². The number of fused-ring (bicyclic) bond motifs is 2. The maximum atomic E-state index is 5.29. The van der Waals surface area contributed by atoms with Crippen LogP contribution in [0.5, 0.6) is 0 Å². The van der Waals surface area contributed by atoms with Gasteiger partial charge in [0.05, 0.1) is 50.9 Å². The molecule has 0 bridgehead atoms. The third kappa shape index (κ3) is 4.36. The number of para-hydroxylation sites is 3. The zero-order valence-electron chi connectivity index (χ0n) is 20.7. The highest BCUT2D eigenvalue weighted by Crippen LogP contribution is 2.30. The molecule has 0 radical (unpaired) electrons. The average Bonchev–Trinajstić information content (AvgIpc) is 2.91. The Balaban J connectivity index is 1.61. The lowest BCUT2D eigenvalue weighted by Gasteiger charge is -2.27. The fraction of sp³-hybridized carbons (Fsp3) is 0.233. The molecule has 2 aliphatic heterocycles. The van der Waals surface area contributed by atoms with Crippen LogP contribution in [0.3, 0.4) is 0 Å². The lowest BCUT2D eigenvalue weighted by Crippen LogP contribution is -2.33. The smallest absolute Gasteiger partial charge is 0.0900 e. The van der Waals surface area contributed by atoms with E-state index in [9.17, 15) is 0 Å². The molecular weight excluding hydrogens is 444 g/mol. The van der Waals surface area contributed by atoms with E-state index in [1.54, 1.807) is 0 Å². The molecule has 0 saturated carbocycles. The van der Waals surface area contributed by atoms with Gasteiger partial charge < -0.3 is 14.8 Å². The highest BCUT2D eigenvalue weighted by Gasteiger charge is 2.19. The number of aryl methyl sites for hydroxylation is 1. The molecular formula is C30H30N6. The predicted molar refractivity (Wildman–Crippen MR) is 146 cm³/mol. The van der Waals surface area contributed by atoms with Crippen molar-refractivity contribution in [2.75, 3.05) is 25.5 Å². The molecule has 1 fully saturated rings. The number of hydrogen-bond donors (Lipinski definition) is 1. The Morgan fingerprint density at radius 1 is 0.889 bits per heavy atom. The second-order valence-corrected chi connectivity index (χ2v) is 9.55. The van der Waals surface area contributed by atoms with E-state index < -0.39 is 0 Å². The van der Waals surface area contributed by atoms with Crippen molar-refractivity contribution in [2.24, 2.45) is 4.99 Å². The molecule has 0 unspecified atom stereocenters. The zero-order valence-corrected chi connectivity index (χ0v) is 20.7. The van der Waals surface area contributed by atoms with Crippen LogP contribution in [-0.2, 0) is 0 Å². The quantitative estimate of drug-likeness (QED) is 0.346. The van der Waals surface area contributed by atoms with Crippen molar-refractivity contribution >= 4 is 22.4 Å². The molecule has 6 rings (SSSR count). The Bertz CT molecular complexity index is 1550. The molecule has 1 saturated heterocycles. The Morgan fingerprint density at radius 3 is 2.47 bits per heavy atom. The summed E-state index contributed by atoms with van der Waals surface area (Å²) in [5, 5.41) is 4.58. The van der Waals surface area contributed by atoms with E-state index >= 15 is 0 Å². The molecule has 1 N–H and O–H groups in total. The van der Waals surface area contributed by atoms with Gasteiger partial charge in [-0.25, -0.2) is 4.98 Å². The van der Waals surface area contributed by atoms with Crippen LogP contribution in [0.1, 0.15) is 18.5 Å². The van der Waals surface area contributed by atoms with Gasteiger partial charge in [-0.2, -0.15) is 0 Å². The van der Waals surface area contributed by atoms with E-state index in [1.807, 2.05) is 25.3 Å². The molecule has 1 aromatic heterocycles. The van der Waals surface area contributed by atoms with E-state index in [2.05, 4.69) is 93.5 Å². The number of nitrogens with one attached hydrogen (secondary N) is 1. The van der Waals surface area contributed by atoms with Gasteiger partial charge in [-0.1, -0.05) is 30.3 Å². The molecule has 6 nitrogen and oxygen atoms in total. The summed E-state index contributed by atoms with van der Waals surface area (Å²) in [4.78, 5) is 17.2. The molecule has 180 valence electrons. The molecule has 1 aliphatic carbocycles. The maximum Gasteiger partial charge on any atom is 0.0900 e. The first-order valence-electron chi connectivity index (χ1n) is 12.6. The van der Waals surface area contributed by atoms with Crippen molar-refractivity contribution in [3.63, 3.8) is 0 Å². The summed E-state index contributed by atoms with van der Waals surface area (Å²) in [7, 11) is 2.18. The molecule has 3 aromatic rings. The normalized spacial score (nSPS) is 15.6. The zero-order chi connectivity index (χ0) is 24.5. The third-order valence-electron chi connectivity index (χ3n) is 7.00. The standard InChI is InChI=1S/C30H30N6/c1-21-24(12-8-16-31-21)33-26-19-28-30(20-27(26)32-22-14-17-35(2)18-15-22)36(23-9-4-3-5-10-23)29-13-7-6-11-25(29)34-28/h3-13,16,19-20,22,33H,14-15,17-18H2,1-2H3. The van der Waals surface area contributed by atoms with Gasteiger partial charge in [-0.3, -0.25) is 9.98 Å². The number of pyridine rings is 1. The van der Waals surface area contributed by atoms with Crippen LogP contribution in [0, 0.1) is 6.92 Å². The van der Waals surface area contributed by atoms with Gasteiger partial charge in [0, 0.05) is 11.9 Å². The van der Waals surface area contributed by atoms with E-state index in [0.717, 1.165) is 76.5 Å². The Hall–Kier alpha value is -4.03. The third-order valence-corrected chi connectivity index (χ3v) is 7.00. The lowest BCUT2D eigenvalue weighted by atomic mass is 10.1. The largest absolute Gasteiger partial charge is 0.352 e. The van der Waals surface area contributed by atoms with Crippen LogP contribution in [0.2, 0.25) is 0 Å². The summed E-state index contributed by atoms with van der Waals surface area (Å²) in [5.41, 5.74) is 7.99. The van der Waals surface area contributed by atoms with Crippen LogP contribution in [0.4, 0.5) is 11.4 Å². The monoisotopic (exact) mass is 474 g/mol. The summed E-state index contributed by atoms with van der Waals surface area (Å²) in [6.45, 7) is 4.16. The van der Waals surface area contributed by atoms with E-state index in [1.165, 1.54) is 0 Å². The SMILES string of the molecule is Cc1ncccc1Nc1cc2nc3ccccc3n(-c3ccccc3)c-2cc1=NC1CCN(C)CC1. The van der Waals surface area contributed by atoms with Crippen molar-refractivity contribution in [1.29, 1.82) is 0 Å². The number of aromatic nitrogens is 3. The predicted octanol–water partition coefficient (Wildman–Crippen LogP) is 5.57. The fourth-order valence-electron chi connectivity index (χ4n) is 4.99. The van der Waals surface area contributed by atoms with Gasteiger partial charge in [0.15, 0.2) is 0 Å². The number of anilines is 2. The average molecular weight is 475 g/mol. The first kappa shape index (κ1) is 22.4. The van der Waals surface area contributed by atoms with Gasteiger partial charge in [-0.15, -0.1) is 0 Å². The summed E-state index contributed by atoms with van der Waals surface area (Å²) in [6, 6.07) is 27.5. The minimum Gasteiger partial charge on any atom is -0.352 e. The highest BCUT2D eigenvalue weighted by molar-refractivity contribution is 5.84. The molecule has 0 amide bonds. The number of benzene rings is 3. The minimum atomic E-state index is 0.299. The maximum absolute atomic E-state index is 5.29. The fourth-order valence-corrected chi connectivity index (χ4v) is 4.99. The summed E-state index contributed by atoms with van der Waals surface area (Å²) >= 11 is 0. The van der Waals surface area contributed by atoms with Gasteiger partial charge in [0.25, 0.3) is 0 Å². The van der Waals surface area contributed by atoms with Crippen LogP contribution >= 0.6 is 0 Å². The van der Waals surface area contributed by atoms with Crippen molar-refractivity contribution < 1.29 is 0 Å². The van der Waals surface area contributed by atoms with Crippen LogP contribution in [0.25, 0.3) is 28.1 Å². The summed E-state index contributed by atoms with van der Waals surface area (Å²) < 4.78 is 2.30. The lowest BCUT2D eigenvalue weighted by molar-refractivity contribution is 0.255. The molecule has 6 heteroatoms. The van der Waals surface area contributed by atoms with Gasteiger partial charge in [0.2, 0.25) is 0 Å². The number of likely N-dealkylation sites (tertiary alicyclic amines) is 1. The number of rotatable bonds is 4. The van der Waals surface area contributed by atoms with Crippen molar-refractivity contribution in [1.82, 2.24) is 19.4 Å². The van der Waals surface area contributed by atoms with Gasteiger partial charge in [-0.05, 0) is 88.4 Å². The highest BCUT2D eigenvalue weighted by atomic mass is 15.1. The topological polar surface area (TPSA) is 58.3 Å². The second kappa shape index (κ2) is 9.55. The van der Waals surface area contributed by atoms with E-state index in [-0.39, 0.29) is 0 Å². The minimum absolute atomic E-state index is 0.299. The van der Waals surface area contributed by atoms with Crippen LogP contribution in [0.15, 0.2) is 90.1 Å². The Morgan fingerprint density at radius 2 is 1.67 bits per heavy atom. The first-order chi connectivity index (χ1) is 17.7. The van der Waals surface area contributed by atoms with Crippen molar-refractivity contribution in [3.8, 4) is 17.1 Å². The molecule has 0 spiro atoms. The molecule has 2 aromatic carbocycles. The Labute approximate surface area is 211 Å². The second-order valence-electron chi connectivity index (χ2n) is 9.55. The molecule has 3 heterocycles. The molecule has 36 heavy (non-hydrogen) atoms. The summed E-state index contributed by atoms with van der Waals surface area (Å²) in [6.07, 6.45) is 3.95. The van der Waals surface area contributed by atoms with E-state index in [4.69, 9.17) is 9.98 Å². The number of nitrogens with zero attached hydrogens (tertiary/aromatic N) is 5. The number of hydrogen-bond acceptors (Lipinski definition) is 5. The van der Waals surface area contributed by atoms with Crippen molar-refractivity contribution in [2.45, 2.75) is 25.8 Å². The van der Waals surface area contributed by atoms with Crippen molar-refractivity contribution in [3.05, 3.63) is 96.1 Å². The van der Waals surface area contributed by atoms with Crippen LogP contribution in [-0.4, -0.2) is 45.6 Å². The molecule has 3 aliphatic rings. The summed E-state index contributed by atoms with van der Waals surface area (Å²) in [5.74, 6) is 0. The molecule has 0 atom stereocenters. The Kier molecular flexibility index (Phi) is 5.95. The van der Waals surface area contributed by atoms with Gasteiger partial charge >= 0.3 is 0 Å². The first-order valence-corrected chi connectivity index (χ1v) is 12.6. The van der Waals surface area contributed by atoms with Crippen LogP contribution < -0.4 is 10.7 Å².